The van der Waals surface area contributed by atoms with E-state index in [-0.39, 0.29) is 35.3 Å². The van der Waals surface area contributed by atoms with Crippen LogP contribution >= 0.6 is 47.2 Å². The Labute approximate surface area is 183 Å². The van der Waals surface area contributed by atoms with Crippen LogP contribution in [0, 0.1) is 5.41 Å². The maximum absolute atomic E-state index is 11.8. The molecule has 0 heterocycles. The maximum atomic E-state index is 11.8. The predicted molar refractivity (Wildman–Crippen MR) is 122 cm³/mol. The highest BCUT2D eigenvalue weighted by atomic mass is 127. The molecule has 0 aliphatic carbocycles. The molecule has 0 fully saturated rings. The van der Waals surface area contributed by atoms with Gasteiger partial charge in [0.25, 0.3) is 0 Å². The molecule has 0 spiro atoms. The summed E-state index contributed by atoms with van der Waals surface area (Å²) in [5.41, 5.74) is 0.712. The lowest BCUT2D eigenvalue weighted by atomic mass is 9.96. The van der Waals surface area contributed by atoms with Crippen LogP contribution in [0.5, 0.6) is 0 Å². The zero-order chi connectivity index (χ0) is 18.9. The molecule has 148 valence electrons. The van der Waals surface area contributed by atoms with Gasteiger partial charge in [0.15, 0.2) is 5.96 Å². The molecular weight excluding hydrogens is 486 g/mol. The van der Waals surface area contributed by atoms with Crippen molar-refractivity contribution in [2.75, 3.05) is 26.7 Å². The topological polar surface area (TPSA) is 65.5 Å². The van der Waals surface area contributed by atoms with Crippen LogP contribution in [0.2, 0.25) is 10.0 Å². The van der Waals surface area contributed by atoms with E-state index in [1.54, 1.807) is 13.1 Å². The second kappa shape index (κ2) is 12.6. The lowest BCUT2D eigenvalue weighted by Crippen LogP contribution is -2.43. The molecule has 0 aromatic heterocycles. The third-order valence-electron chi connectivity index (χ3n) is 3.54. The first-order valence-corrected chi connectivity index (χ1v) is 9.16. The monoisotopic (exact) mass is 514 g/mol. The standard InChI is InChI=1S/C18H28Cl2N4O.HI/c1-18(2,3)16(25)22-10-11-24-17(21-4)23-9-5-6-13-7-8-14(19)12-15(13)20;/h7-8,12H,5-6,9-11H2,1-4H3,(H,22,25)(H2,21,23,24);1H. The van der Waals surface area contributed by atoms with Gasteiger partial charge in [0.1, 0.15) is 0 Å². The number of carbonyl (C=O) groups excluding carboxylic acids is 1. The van der Waals surface area contributed by atoms with E-state index in [9.17, 15) is 4.79 Å². The largest absolute Gasteiger partial charge is 0.356 e. The van der Waals surface area contributed by atoms with Crippen molar-refractivity contribution in [3.63, 3.8) is 0 Å². The number of hydrogen-bond acceptors (Lipinski definition) is 2. The highest BCUT2D eigenvalue weighted by Gasteiger charge is 2.20. The van der Waals surface area contributed by atoms with Gasteiger partial charge in [-0.2, -0.15) is 0 Å². The van der Waals surface area contributed by atoms with Crippen molar-refractivity contribution in [1.82, 2.24) is 16.0 Å². The molecule has 0 unspecified atom stereocenters. The molecule has 5 nitrogen and oxygen atoms in total. The van der Waals surface area contributed by atoms with Gasteiger partial charge < -0.3 is 16.0 Å². The Balaban J connectivity index is 0.00000625. The fraction of sp³-hybridized carbons (Fsp3) is 0.556. The van der Waals surface area contributed by atoms with Crippen LogP contribution < -0.4 is 16.0 Å². The molecule has 1 aromatic carbocycles. The van der Waals surface area contributed by atoms with Crippen molar-refractivity contribution in [2.45, 2.75) is 33.6 Å². The Morgan fingerprint density at radius 2 is 1.69 bits per heavy atom. The van der Waals surface area contributed by atoms with Gasteiger partial charge in [0.05, 0.1) is 0 Å². The SMILES string of the molecule is CN=C(NCCCc1ccc(Cl)cc1Cl)NCCNC(=O)C(C)(C)C.I. The summed E-state index contributed by atoms with van der Waals surface area (Å²) in [4.78, 5) is 15.9. The third kappa shape index (κ3) is 9.83. The normalized spacial score (nSPS) is 11.5. The van der Waals surface area contributed by atoms with Gasteiger partial charge in [-0.3, -0.25) is 9.79 Å². The number of amides is 1. The number of benzene rings is 1. The molecule has 0 saturated carbocycles. The second-order valence-corrected chi connectivity index (χ2v) is 7.61. The lowest BCUT2D eigenvalue weighted by molar-refractivity contribution is -0.128. The van der Waals surface area contributed by atoms with E-state index in [2.05, 4.69) is 20.9 Å². The van der Waals surface area contributed by atoms with Crippen molar-refractivity contribution in [3.8, 4) is 0 Å². The van der Waals surface area contributed by atoms with Crippen LogP contribution in [0.3, 0.4) is 0 Å². The van der Waals surface area contributed by atoms with E-state index >= 15 is 0 Å². The van der Waals surface area contributed by atoms with E-state index < -0.39 is 0 Å². The lowest BCUT2D eigenvalue weighted by Gasteiger charge is -2.18. The van der Waals surface area contributed by atoms with Crippen LogP contribution in [-0.2, 0) is 11.2 Å². The van der Waals surface area contributed by atoms with Crippen molar-refractivity contribution in [2.24, 2.45) is 10.4 Å². The molecule has 0 radical (unpaired) electrons. The van der Waals surface area contributed by atoms with Gasteiger partial charge in [-0.1, -0.05) is 50.0 Å². The molecule has 0 aliphatic heterocycles. The molecule has 0 aliphatic rings. The minimum Gasteiger partial charge on any atom is -0.356 e. The first-order valence-electron chi connectivity index (χ1n) is 8.41. The Hall–Kier alpha value is -0.730. The number of nitrogens with zero attached hydrogens (tertiary/aromatic N) is 1. The minimum atomic E-state index is -0.372. The first-order chi connectivity index (χ1) is 11.7. The highest BCUT2D eigenvalue weighted by Crippen LogP contribution is 2.21. The summed E-state index contributed by atoms with van der Waals surface area (Å²) in [5, 5.41) is 10.7. The Bertz CT molecular complexity index is 603. The number of aliphatic imine (C=N–C) groups is 1. The van der Waals surface area contributed by atoms with Crippen molar-refractivity contribution in [3.05, 3.63) is 33.8 Å². The number of nitrogens with one attached hydrogen (secondary N) is 3. The summed E-state index contributed by atoms with van der Waals surface area (Å²) in [6.07, 6.45) is 1.78. The molecule has 0 atom stereocenters. The molecule has 3 N–H and O–H groups in total. The zero-order valence-electron chi connectivity index (χ0n) is 15.8. The summed E-state index contributed by atoms with van der Waals surface area (Å²) in [7, 11) is 1.72. The number of halogens is 3. The summed E-state index contributed by atoms with van der Waals surface area (Å²) < 4.78 is 0. The average Bonchev–Trinajstić information content (AvgIpc) is 2.53. The summed E-state index contributed by atoms with van der Waals surface area (Å²) in [6, 6.07) is 5.57. The van der Waals surface area contributed by atoms with Gasteiger partial charge in [-0.15, -0.1) is 24.0 Å². The molecule has 0 bridgehead atoms. The van der Waals surface area contributed by atoms with E-state index in [4.69, 9.17) is 23.2 Å². The second-order valence-electron chi connectivity index (χ2n) is 6.77. The quantitative estimate of drug-likeness (QED) is 0.224. The van der Waals surface area contributed by atoms with Crippen molar-refractivity contribution in [1.29, 1.82) is 0 Å². The Morgan fingerprint density at radius 1 is 1.08 bits per heavy atom. The van der Waals surface area contributed by atoms with Crippen LogP contribution in [0.4, 0.5) is 0 Å². The summed E-state index contributed by atoms with van der Waals surface area (Å²) in [5.74, 6) is 0.754. The number of hydrogen-bond donors (Lipinski definition) is 3. The van der Waals surface area contributed by atoms with E-state index in [1.165, 1.54) is 0 Å². The van der Waals surface area contributed by atoms with Crippen LogP contribution in [0.15, 0.2) is 23.2 Å². The van der Waals surface area contributed by atoms with Crippen LogP contribution in [0.1, 0.15) is 32.8 Å². The fourth-order valence-electron chi connectivity index (χ4n) is 2.05. The predicted octanol–water partition coefficient (Wildman–Crippen LogP) is 3.87. The van der Waals surface area contributed by atoms with Crippen LogP contribution in [0.25, 0.3) is 0 Å². The molecule has 1 aromatic rings. The summed E-state index contributed by atoms with van der Waals surface area (Å²) >= 11 is 12.1. The highest BCUT2D eigenvalue weighted by molar-refractivity contribution is 14.0. The van der Waals surface area contributed by atoms with Gasteiger partial charge in [-0.25, -0.2) is 0 Å². The molecule has 0 saturated heterocycles. The van der Waals surface area contributed by atoms with E-state index in [0.29, 0.717) is 29.1 Å². The third-order valence-corrected chi connectivity index (χ3v) is 4.13. The van der Waals surface area contributed by atoms with Crippen molar-refractivity contribution >= 4 is 59.0 Å². The Morgan fingerprint density at radius 3 is 2.27 bits per heavy atom. The van der Waals surface area contributed by atoms with Crippen LogP contribution in [-0.4, -0.2) is 38.5 Å². The molecule has 26 heavy (non-hydrogen) atoms. The summed E-state index contributed by atoms with van der Waals surface area (Å²) in [6.45, 7) is 7.62. The van der Waals surface area contributed by atoms with Gasteiger partial charge in [0, 0.05) is 42.1 Å². The number of aryl methyl sites for hydroxylation is 1. The minimum absolute atomic E-state index is 0. The smallest absolute Gasteiger partial charge is 0.225 e. The molecular formula is C18H29Cl2IN4O. The average molecular weight is 515 g/mol. The van der Waals surface area contributed by atoms with Gasteiger partial charge in [0.2, 0.25) is 5.91 Å². The number of guanidine groups is 1. The molecule has 1 rings (SSSR count). The van der Waals surface area contributed by atoms with E-state index in [1.807, 2.05) is 32.9 Å². The first kappa shape index (κ1) is 25.3. The number of rotatable bonds is 7. The maximum Gasteiger partial charge on any atom is 0.225 e. The Kier molecular flexibility index (Phi) is 12.3. The fourth-order valence-corrected chi connectivity index (χ4v) is 2.56. The van der Waals surface area contributed by atoms with Gasteiger partial charge in [-0.05, 0) is 30.5 Å². The van der Waals surface area contributed by atoms with Gasteiger partial charge >= 0.3 is 0 Å². The molecule has 8 heteroatoms. The zero-order valence-corrected chi connectivity index (χ0v) is 19.6. The number of carbonyl (C=O) groups is 1. The van der Waals surface area contributed by atoms with E-state index in [0.717, 1.165) is 24.9 Å². The molecule has 1 amide bonds. The van der Waals surface area contributed by atoms with Crippen molar-refractivity contribution < 1.29 is 4.79 Å².